The normalized spacial score (nSPS) is 28.7. The van der Waals surface area contributed by atoms with Crippen LogP contribution < -0.4 is 21.4 Å². The van der Waals surface area contributed by atoms with Crippen molar-refractivity contribution in [2.24, 2.45) is 11.8 Å². The summed E-state index contributed by atoms with van der Waals surface area (Å²) >= 11 is 0. The Hall–Kier alpha value is -3.57. The number of hydrogen-bond acceptors (Lipinski definition) is 7. The summed E-state index contributed by atoms with van der Waals surface area (Å²) in [6.07, 6.45) is 3.82. The minimum atomic E-state index is -0.862. The highest BCUT2D eigenvalue weighted by Gasteiger charge is 2.34. The van der Waals surface area contributed by atoms with Gasteiger partial charge in [-0.05, 0) is 68.5 Å². The van der Waals surface area contributed by atoms with Gasteiger partial charge in [0.2, 0.25) is 17.7 Å². The van der Waals surface area contributed by atoms with Crippen LogP contribution in [0.3, 0.4) is 0 Å². The third-order valence-electron chi connectivity index (χ3n) is 8.36. The van der Waals surface area contributed by atoms with Crippen molar-refractivity contribution in [3.8, 4) is 0 Å². The molecular formula is C31H44N6O5. The van der Waals surface area contributed by atoms with Gasteiger partial charge in [0.25, 0.3) is 5.91 Å². The fourth-order valence-corrected chi connectivity index (χ4v) is 5.59. The number of nitrogens with zero attached hydrogens (tertiary/aromatic N) is 2. The molecule has 1 aromatic heterocycles. The Labute approximate surface area is 247 Å². The van der Waals surface area contributed by atoms with Gasteiger partial charge in [-0.15, -0.1) is 0 Å². The van der Waals surface area contributed by atoms with Crippen LogP contribution in [-0.2, 0) is 30.3 Å². The fraction of sp³-hybridized carbons (Fsp3) is 0.581. The third kappa shape index (κ3) is 7.25. The van der Waals surface area contributed by atoms with Crippen LogP contribution in [0.2, 0.25) is 0 Å². The van der Waals surface area contributed by atoms with E-state index in [1.807, 2.05) is 45.2 Å². The molecule has 4 rings (SSSR count). The van der Waals surface area contributed by atoms with E-state index >= 15 is 0 Å². The molecule has 1 fully saturated rings. The second-order valence-corrected chi connectivity index (χ2v) is 11.9. The molecule has 11 nitrogen and oxygen atoms in total. The SMILES string of the molecule is CO[C@@H]1CCc2cc3cc(ccc3cn2)[C@@H](C)NC(=O)[C@@H]2CCCN(N2)C(=O)[C@@H](C)NC(=O)[C@H](C(C)C)NC(=O)[C@@H]1C. The summed E-state index contributed by atoms with van der Waals surface area (Å²) in [6, 6.07) is 5.52. The number of pyridine rings is 1. The highest BCUT2D eigenvalue weighted by molar-refractivity contribution is 5.93. The van der Waals surface area contributed by atoms with Gasteiger partial charge in [0.15, 0.2) is 0 Å². The average Bonchev–Trinajstić information content (AvgIpc) is 2.98. The molecule has 228 valence electrons. The molecule has 5 bridgehead atoms. The van der Waals surface area contributed by atoms with Gasteiger partial charge in [0, 0.05) is 30.9 Å². The van der Waals surface area contributed by atoms with Gasteiger partial charge >= 0.3 is 0 Å². The van der Waals surface area contributed by atoms with Gasteiger partial charge in [-0.2, -0.15) is 0 Å². The molecule has 4 N–H and O–H groups in total. The summed E-state index contributed by atoms with van der Waals surface area (Å²) in [6.45, 7) is 9.42. The zero-order valence-electron chi connectivity index (χ0n) is 25.4. The first-order valence-electron chi connectivity index (χ1n) is 14.9. The standard InChI is InChI=1S/C31H44N6O5/c1-17(2)27-30(40)34-20(5)31(41)37-13-7-8-25(36-37)29(39)33-19(4)21-9-10-22-16-32-24(15-23(22)14-21)11-12-26(42-6)18(3)28(38)35-27/h9-10,14-20,25-27,36H,7-8,11-13H2,1-6H3,(H,33,39)(H,34,40)(H,35,38)/t18-,19-,20-,25+,26-,27+/m1/s1. The molecule has 0 aliphatic carbocycles. The molecule has 11 heteroatoms. The maximum absolute atomic E-state index is 13.3. The molecule has 42 heavy (non-hydrogen) atoms. The second kappa shape index (κ2) is 13.6. The summed E-state index contributed by atoms with van der Waals surface area (Å²) in [7, 11) is 1.58. The number of aryl methyl sites for hydroxylation is 1. The number of methoxy groups -OCH3 is 1. The van der Waals surface area contributed by atoms with E-state index in [1.165, 1.54) is 5.01 Å². The molecule has 2 aliphatic rings. The lowest BCUT2D eigenvalue weighted by Gasteiger charge is -2.35. The molecular weight excluding hydrogens is 536 g/mol. The molecule has 2 aromatic rings. The molecule has 1 aromatic carbocycles. The van der Waals surface area contributed by atoms with Crippen molar-refractivity contribution in [3.63, 3.8) is 0 Å². The smallest absolute Gasteiger partial charge is 0.258 e. The second-order valence-electron chi connectivity index (χ2n) is 11.9. The van der Waals surface area contributed by atoms with Crippen LogP contribution in [-0.4, -0.2) is 71.5 Å². The van der Waals surface area contributed by atoms with E-state index in [9.17, 15) is 19.2 Å². The first kappa shape index (κ1) is 31.4. The van der Waals surface area contributed by atoms with E-state index in [0.717, 1.165) is 22.0 Å². The number of nitrogens with one attached hydrogen (secondary N) is 4. The first-order chi connectivity index (χ1) is 20.0. The predicted octanol–water partition coefficient (Wildman–Crippen LogP) is 2.15. The molecule has 4 amide bonds. The Morgan fingerprint density at radius 2 is 1.64 bits per heavy atom. The van der Waals surface area contributed by atoms with E-state index in [2.05, 4.69) is 32.4 Å². The molecule has 0 spiro atoms. The first-order valence-corrected chi connectivity index (χ1v) is 14.9. The monoisotopic (exact) mass is 580 g/mol. The van der Waals surface area contributed by atoms with E-state index in [0.29, 0.717) is 32.2 Å². The summed E-state index contributed by atoms with van der Waals surface area (Å²) in [5.74, 6) is -2.03. The summed E-state index contributed by atoms with van der Waals surface area (Å²) in [5, 5.41) is 12.1. The number of benzene rings is 1. The lowest BCUT2D eigenvalue weighted by Crippen LogP contribution is -2.62. The maximum atomic E-state index is 13.3. The lowest BCUT2D eigenvalue weighted by atomic mass is 9.95. The van der Waals surface area contributed by atoms with Crippen molar-refractivity contribution in [1.29, 1.82) is 0 Å². The maximum Gasteiger partial charge on any atom is 0.258 e. The van der Waals surface area contributed by atoms with Crippen molar-refractivity contribution >= 4 is 34.4 Å². The van der Waals surface area contributed by atoms with Gasteiger partial charge in [-0.25, -0.2) is 5.43 Å². The Morgan fingerprint density at radius 1 is 0.905 bits per heavy atom. The zero-order chi connectivity index (χ0) is 30.6. The third-order valence-corrected chi connectivity index (χ3v) is 8.36. The molecule has 6 atom stereocenters. The molecule has 2 aliphatic heterocycles. The molecule has 0 saturated carbocycles. The van der Waals surface area contributed by atoms with Crippen LogP contribution in [0, 0.1) is 11.8 Å². The van der Waals surface area contributed by atoms with Gasteiger partial charge < -0.3 is 20.7 Å². The highest BCUT2D eigenvalue weighted by Crippen LogP contribution is 2.23. The quantitative estimate of drug-likeness (QED) is 0.427. The number of rotatable bonds is 2. The molecule has 0 radical (unpaired) electrons. The average molecular weight is 581 g/mol. The molecule has 1 saturated heterocycles. The van der Waals surface area contributed by atoms with Crippen LogP contribution in [0.15, 0.2) is 30.5 Å². The van der Waals surface area contributed by atoms with Crippen molar-refractivity contribution < 1.29 is 23.9 Å². The lowest BCUT2D eigenvalue weighted by molar-refractivity contribution is -0.143. The van der Waals surface area contributed by atoms with Crippen LogP contribution in [0.5, 0.6) is 0 Å². The number of aromatic nitrogens is 1. The number of carbonyl (C=O) groups excluding carboxylic acids is 4. The topological polar surface area (TPSA) is 142 Å². The minimum Gasteiger partial charge on any atom is -0.381 e. The molecule has 3 heterocycles. The van der Waals surface area contributed by atoms with Crippen molar-refractivity contribution in [1.82, 2.24) is 31.4 Å². The van der Waals surface area contributed by atoms with E-state index in [4.69, 9.17) is 4.74 Å². The fourth-order valence-electron chi connectivity index (χ4n) is 5.59. The Morgan fingerprint density at radius 3 is 2.36 bits per heavy atom. The zero-order valence-corrected chi connectivity index (χ0v) is 25.4. The van der Waals surface area contributed by atoms with E-state index in [-0.39, 0.29) is 29.7 Å². The van der Waals surface area contributed by atoms with Crippen molar-refractivity contribution in [2.45, 2.75) is 90.6 Å². The summed E-state index contributed by atoms with van der Waals surface area (Å²) < 4.78 is 5.70. The van der Waals surface area contributed by atoms with E-state index < -0.39 is 36.1 Å². The number of ether oxygens (including phenoxy) is 1. The number of hydrogen-bond donors (Lipinski definition) is 4. The predicted molar refractivity (Wildman–Crippen MR) is 159 cm³/mol. The Balaban J connectivity index is 1.65. The summed E-state index contributed by atoms with van der Waals surface area (Å²) in [5.41, 5.74) is 4.88. The Kier molecular flexibility index (Phi) is 10.2. The number of carbonyl (C=O) groups is 4. The number of amides is 4. The highest BCUT2D eigenvalue weighted by atomic mass is 16.5. The minimum absolute atomic E-state index is 0.198. The van der Waals surface area contributed by atoms with Crippen LogP contribution in [0.4, 0.5) is 0 Å². The largest absolute Gasteiger partial charge is 0.381 e. The summed E-state index contributed by atoms with van der Waals surface area (Å²) in [4.78, 5) is 57.6. The van der Waals surface area contributed by atoms with Crippen LogP contribution in [0.1, 0.15) is 71.2 Å². The van der Waals surface area contributed by atoms with Gasteiger partial charge in [-0.1, -0.05) is 32.9 Å². The van der Waals surface area contributed by atoms with Gasteiger partial charge in [-0.3, -0.25) is 29.2 Å². The van der Waals surface area contributed by atoms with Crippen molar-refractivity contribution in [2.75, 3.05) is 13.7 Å². The number of hydrazine groups is 1. The molecule has 0 unspecified atom stereocenters. The van der Waals surface area contributed by atoms with Gasteiger partial charge in [0.05, 0.1) is 18.1 Å². The Bertz CT molecular complexity index is 1320. The van der Waals surface area contributed by atoms with Crippen LogP contribution >= 0.6 is 0 Å². The van der Waals surface area contributed by atoms with E-state index in [1.54, 1.807) is 21.0 Å². The van der Waals surface area contributed by atoms with Crippen LogP contribution in [0.25, 0.3) is 10.8 Å². The van der Waals surface area contributed by atoms with Gasteiger partial charge in [0.1, 0.15) is 18.1 Å². The van der Waals surface area contributed by atoms with Crippen molar-refractivity contribution in [3.05, 3.63) is 41.7 Å². The number of fused-ring (bicyclic) bond motifs is 4.